The zero-order valence-electron chi connectivity index (χ0n) is 13.2. The molecule has 4 rings (SSSR count). The van der Waals surface area contributed by atoms with Crippen LogP contribution in [-0.2, 0) is 0 Å². The number of benzene rings is 2. The standard InChI is InChI=1S/C19H12Cl2N2O2/c1-11(24)23-15-8-3-2-7-14(15)22-19(23)17-10-9-16(25-17)12-5-4-6-13(20)18(12)21/h2-10H,1H3. The minimum atomic E-state index is -0.137. The Bertz CT molecular complexity index is 1110. The number of para-hydroxylation sites is 2. The number of aromatic nitrogens is 2. The van der Waals surface area contributed by atoms with Gasteiger partial charge in [-0.05, 0) is 36.4 Å². The predicted molar refractivity (Wildman–Crippen MR) is 99.2 cm³/mol. The Morgan fingerprint density at radius 3 is 2.56 bits per heavy atom. The smallest absolute Gasteiger partial charge is 0.229 e. The van der Waals surface area contributed by atoms with E-state index >= 15 is 0 Å². The van der Waals surface area contributed by atoms with Crippen molar-refractivity contribution in [3.8, 4) is 22.9 Å². The van der Waals surface area contributed by atoms with E-state index in [2.05, 4.69) is 4.98 Å². The quantitative estimate of drug-likeness (QED) is 0.439. The van der Waals surface area contributed by atoms with Crippen molar-refractivity contribution in [1.29, 1.82) is 0 Å². The lowest BCUT2D eigenvalue weighted by molar-refractivity contribution is 0.0942. The molecule has 0 spiro atoms. The van der Waals surface area contributed by atoms with Gasteiger partial charge in [0.25, 0.3) is 0 Å². The van der Waals surface area contributed by atoms with E-state index in [1.807, 2.05) is 30.3 Å². The maximum absolute atomic E-state index is 12.1. The van der Waals surface area contributed by atoms with Crippen LogP contribution in [0.4, 0.5) is 0 Å². The first-order valence-corrected chi connectivity index (χ1v) is 8.35. The van der Waals surface area contributed by atoms with E-state index in [4.69, 9.17) is 27.6 Å². The van der Waals surface area contributed by atoms with E-state index in [1.165, 1.54) is 11.5 Å². The van der Waals surface area contributed by atoms with Gasteiger partial charge in [-0.3, -0.25) is 9.36 Å². The average molecular weight is 371 g/mol. The Kier molecular flexibility index (Phi) is 3.86. The minimum Gasteiger partial charge on any atom is -0.453 e. The SMILES string of the molecule is CC(=O)n1c(-c2ccc(-c3cccc(Cl)c3Cl)o2)nc2ccccc21. The number of fused-ring (bicyclic) bond motifs is 1. The van der Waals surface area contributed by atoms with Crippen LogP contribution in [0.3, 0.4) is 0 Å². The van der Waals surface area contributed by atoms with Gasteiger partial charge < -0.3 is 4.42 Å². The highest BCUT2D eigenvalue weighted by Crippen LogP contribution is 2.36. The number of carbonyl (C=O) groups excluding carboxylic acids is 1. The molecule has 6 heteroatoms. The largest absolute Gasteiger partial charge is 0.453 e. The van der Waals surface area contributed by atoms with Crippen LogP contribution in [0.15, 0.2) is 59.0 Å². The maximum atomic E-state index is 12.1. The number of hydrogen-bond donors (Lipinski definition) is 0. The molecule has 0 bridgehead atoms. The molecule has 0 saturated carbocycles. The highest BCUT2D eigenvalue weighted by molar-refractivity contribution is 6.43. The van der Waals surface area contributed by atoms with Crippen LogP contribution in [0.2, 0.25) is 10.0 Å². The second-order valence-corrected chi connectivity index (χ2v) is 6.33. The van der Waals surface area contributed by atoms with Crippen molar-refractivity contribution in [2.24, 2.45) is 0 Å². The lowest BCUT2D eigenvalue weighted by atomic mass is 10.2. The van der Waals surface area contributed by atoms with Gasteiger partial charge in [-0.1, -0.05) is 41.4 Å². The van der Waals surface area contributed by atoms with Crippen LogP contribution in [0.25, 0.3) is 33.9 Å². The normalized spacial score (nSPS) is 11.2. The van der Waals surface area contributed by atoms with Crippen molar-refractivity contribution >= 4 is 40.1 Å². The molecule has 0 atom stereocenters. The first-order valence-electron chi connectivity index (χ1n) is 7.59. The van der Waals surface area contributed by atoms with Gasteiger partial charge in [-0.2, -0.15) is 0 Å². The van der Waals surface area contributed by atoms with E-state index in [0.717, 1.165) is 11.0 Å². The molecule has 0 N–H and O–H groups in total. The van der Waals surface area contributed by atoms with Crippen molar-refractivity contribution in [3.63, 3.8) is 0 Å². The number of halogens is 2. The molecule has 0 radical (unpaired) electrons. The topological polar surface area (TPSA) is 48.0 Å². The molecule has 4 nitrogen and oxygen atoms in total. The molecule has 0 unspecified atom stereocenters. The van der Waals surface area contributed by atoms with Crippen molar-refractivity contribution in [2.45, 2.75) is 6.92 Å². The molecule has 124 valence electrons. The molecule has 0 fully saturated rings. The number of rotatable bonds is 2. The molecule has 0 saturated heterocycles. The van der Waals surface area contributed by atoms with Crippen LogP contribution < -0.4 is 0 Å². The Balaban J connectivity index is 1.89. The van der Waals surface area contributed by atoms with Crippen molar-refractivity contribution in [2.75, 3.05) is 0 Å². The molecule has 2 aromatic carbocycles. The molecule has 0 aliphatic heterocycles. The molecule has 0 aliphatic carbocycles. The molecular formula is C19H12Cl2N2O2. The predicted octanol–water partition coefficient (Wildman–Crippen LogP) is 5.93. The van der Waals surface area contributed by atoms with Gasteiger partial charge in [0.2, 0.25) is 5.91 Å². The summed E-state index contributed by atoms with van der Waals surface area (Å²) in [6.45, 7) is 1.50. The van der Waals surface area contributed by atoms with Crippen LogP contribution in [0.1, 0.15) is 11.7 Å². The fourth-order valence-electron chi connectivity index (χ4n) is 2.81. The third-order valence-corrected chi connectivity index (χ3v) is 4.74. The highest BCUT2D eigenvalue weighted by atomic mass is 35.5. The van der Waals surface area contributed by atoms with Gasteiger partial charge in [0, 0.05) is 12.5 Å². The van der Waals surface area contributed by atoms with E-state index in [-0.39, 0.29) is 5.91 Å². The summed E-state index contributed by atoms with van der Waals surface area (Å²) in [4.78, 5) is 16.7. The molecule has 2 aromatic heterocycles. The van der Waals surface area contributed by atoms with E-state index in [1.54, 1.807) is 24.3 Å². The van der Waals surface area contributed by atoms with Crippen LogP contribution in [0, 0.1) is 0 Å². The molecule has 0 aliphatic rings. The molecule has 2 heterocycles. The summed E-state index contributed by atoms with van der Waals surface area (Å²) in [6.07, 6.45) is 0. The Morgan fingerprint density at radius 1 is 1.00 bits per heavy atom. The van der Waals surface area contributed by atoms with E-state index in [9.17, 15) is 4.79 Å². The van der Waals surface area contributed by atoms with Crippen molar-refractivity contribution < 1.29 is 9.21 Å². The summed E-state index contributed by atoms with van der Waals surface area (Å²) in [5, 5.41) is 0.873. The molecule has 25 heavy (non-hydrogen) atoms. The second kappa shape index (κ2) is 6.06. The number of imidazole rings is 1. The Morgan fingerprint density at radius 2 is 1.76 bits per heavy atom. The van der Waals surface area contributed by atoms with Gasteiger partial charge in [0.1, 0.15) is 5.76 Å². The van der Waals surface area contributed by atoms with Crippen LogP contribution in [-0.4, -0.2) is 15.5 Å². The first-order chi connectivity index (χ1) is 12.1. The monoisotopic (exact) mass is 370 g/mol. The number of carbonyl (C=O) groups is 1. The average Bonchev–Trinajstić information content (AvgIpc) is 3.21. The minimum absolute atomic E-state index is 0.137. The zero-order valence-corrected chi connectivity index (χ0v) is 14.7. The van der Waals surface area contributed by atoms with Crippen molar-refractivity contribution in [1.82, 2.24) is 9.55 Å². The third kappa shape index (κ3) is 2.64. The maximum Gasteiger partial charge on any atom is 0.229 e. The lowest BCUT2D eigenvalue weighted by Gasteiger charge is -2.04. The van der Waals surface area contributed by atoms with Crippen LogP contribution >= 0.6 is 23.2 Å². The summed E-state index contributed by atoms with van der Waals surface area (Å²) < 4.78 is 7.47. The lowest BCUT2D eigenvalue weighted by Crippen LogP contribution is -2.06. The number of furan rings is 1. The summed E-state index contributed by atoms with van der Waals surface area (Å²) in [5.74, 6) is 1.36. The van der Waals surface area contributed by atoms with Crippen LogP contribution in [0.5, 0.6) is 0 Å². The first kappa shape index (κ1) is 15.9. The highest BCUT2D eigenvalue weighted by Gasteiger charge is 2.19. The summed E-state index contributed by atoms with van der Waals surface area (Å²) in [6, 6.07) is 16.4. The number of nitrogens with zero attached hydrogens (tertiary/aromatic N) is 2. The fraction of sp³-hybridized carbons (Fsp3) is 0.0526. The van der Waals surface area contributed by atoms with E-state index in [0.29, 0.717) is 33.0 Å². The number of hydrogen-bond acceptors (Lipinski definition) is 3. The van der Waals surface area contributed by atoms with E-state index < -0.39 is 0 Å². The molecular weight excluding hydrogens is 359 g/mol. The molecule has 0 amide bonds. The van der Waals surface area contributed by atoms with Gasteiger partial charge in [-0.25, -0.2) is 4.98 Å². The van der Waals surface area contributed by atoms with Crippen molar-refractivity contribution in [3.05, 3.63) is 64.6 Å². The summed E-state index contributed by atoms with van der Waals surface area (Å²) in [7, 11) is 0. The second-order valence-electron chi connectivity index (χ2n) is 5.54. The van der Waals surface area contributed by atoms with Gasteiger partial charge in [0.15, 0.2) is 11.6 Å². The molecule has 4 aromatic rings. The Labute approximate surface area is 153 Å². The third-order valence-electron chi connectivity index (χ3n) is 3.92. The fourth-order valence-corrected chi connectivity index (χ4v) is 3.20. The van der Waals surface area contributed by atoms with Gasteiger partial charge in [-0.15, -0.1) is 0 Å². The summed E-state index contributed by atoms with van der Waals surface area (Å²) in [5.41, 5.74) is 2.15. The Hall–Kier alpha value is -2.56. The summed E-state index contributed by atoms with van der Waals surface area (Å²) >= 11 is 12.3. The zero-order chi connectivity index (χ0) is 17.6. The van der Waals surface area contributed by atoms with Gasteiger partial charge in [0.05, 0.1) is 21.1 Å². The van der Waals surface area contributed by atoms with Gasteiger partial charge >= 0.3 is 0 Å².